The van der Waals surface area contributed by atoms with Crippen LogP contribution in [0.4, 0.5) is 13.2 Å². The zero-order valence-electron chi connectivity index (χ0n) is 23.9. The number of rotatable bonds is 5. The van der Waals surface area contributed by atoms with E-state index in [4.69, 9.17) is 14.9 Å². The molecule has 1 amide bonds. The van der Waals surface area contributed by atoms with Crippen LogP contribution in [0.5, 0.6) is 5.75 Å². The molecule has 6 rings (SSSR count). The molecule has 2 aliphatic carbocycles. The average Bonchev–Trinajstić information content (AvgIpc) is 3.74. The first-order valence-electron chi connectivity index (χ1n) is 14.6. The Morgan fingerprint density at radius 1 is 1.14 bits per heavy atom. The molecule has 2 aromatic carbocycles. The molecule has 1 aromatic heterocycles. The summed E-state index contributed by atoms with van der Waals surface area (Å²) in [7, 11) is -5.79. The molecule has 0 radical (unpaired) electrons. The first kappa shape index (κ1) is 30.3. The number of likely N-dealkylation sites (tertiary alicyclic amines) is 1. The SMILES string of the molecule is CCC.NCC(=O)N1CCCC1c1nc2ccc(-c3ccc(OS(=O)(=O)C(F)(F)F)c4c3CCC43CCCC3)cc2[nH]1. The van der Waals surface area contributed by atoms with E-state index in [-0.39, 0.29) is 29.7 Å². The van der Waals surface area contributed by atoms with Crippen molar-refractivity contribution in [2.24, 2.45) is 5.73 Å². The molecule has 1 saturated heterocycles. The van der Waals surface area contributed by atoms with Crippen molar-refractivity contribution in [2.75, 3.05) is 13.1 Å². The summed E-state index contributed by atoms with van der Waals surface area (Å²) in [6.07, 6.45) is 7.71. The van der Waals surface area contributed by atoms with Crippen LogP contribution in [0.3, 0.4) is 0 Å². The van der Waals surface area contributed by atoms with Crippen molar-refractivity contribution in [2.45, 2.75) is 88.6 Å². The van der Waals surface area contributed by atoms with E-state index in [0.29, 0.717) is 24.4 Å². The number of nitrogens with zero attached hydrogens (tertiary/aromatic N) is 2. The number of carbonyl (C=O) groups is 1. The lowest BCUT2D eigenvalue weighted by atomic mass is 9.79. The minimum atomic E-state index is -5.79. The van der Waals surface area contributed by atoms with E-state index in [1.54, 1.807) is 11.0 Å². The van der Waals surface area contributed by atoms with Gasteiger partial charge in [-0.15, -0.1) is 0 Å². The summed E-state index contributed by atoms with van der Waals surface area (Å²) in [5, 5.41) is 0. The Morgan fingerprint density at radius 3 is 2.52 bits per heavy atom. The van der Waals surface area contributed by atoms with Gasteiger partial charge in [0.15, 0.2) is 0 Å². The molecule has 228 valence electrons. The van der Waals surface area contributed by atoms with Gasteiger partial charge in [-0.25, -0.2) is 4.98 Å². The van der Waals surface area contributed by atoms with Crippen molar-refractivity contribution in [1.29, 1.82) is 0 Å². The van der Waals surface area contributed by atoms with Gasteiger partial charge in [0.25, 0.3) is 0 Å². The maximum atomic E-state index is 13.2. The highest BCUT2D eigenvalue weighted by atomic mass is 32.2. The Labute approximate surface area is 243 Å². The number of H-pyrrole nitrogens is 1. The molecule has 3 aliphatic rings. The van der Waals surface area contributed by atoms with Crippen molar-refractivity contribution in [3.05, 3.63) is 47.3 Å². The third-order valence-electron chi connectivity index (χ3n) is 8.58. The summed E-state index contributed by atoms with van der Waals surface area (Å²) in [6.45, 7) is 4.83. The van der Waals surface area contributed by atoms with Gasteiger partial charge in [0.2, 0.25) is 5.91 Å². The molecule has 1 unspecified atom stereocenters. The fourth-order valence-corrected chi connectivity index (χ4v) is 7.31. The second-order valence-electron chi connectivity index (χ2n) is 11.4. The van der Waals surface area contributed by atoms with Gasteiger partial charge in [-0.05, 0) is 78.8 Å². The van der Waals surface area contributed by atoms with Crippen molar-refractivity contribution in [3.63, 3.8) is 0 Å². The second-order valence-corrected chi connectivity index (χ2v) is 13.0. The largest absolute Gasteiger partial charge is 0.534 e. The number of halogens is 3. The van der Waals surface area contributed by atoms with Crippen molar-refractivity contribution in [1.82, 2.24) is 14.9 Å². The van der Waals surface area contributed by atoms with Gasteiger partial charge in [0.05, 0.1) is 23.6 Å². The highest BCUT2D eigenvalue weighted by Gasteiger charge is 2.51. The summed E-state index contributed by atoms with van der Waals surface area (Å²) in [6, 6.07) is 8.56. The molecule has 3 aromatic rings. The topological polar surface area (TPSA) is 118 Å². The quantitative estimate of drug-likeness (QED) is 0.262. The van der Waals surface area contributed by atoms with Crippen molar-refractivity contribution in [3.8, 4) is 16.9 Å². The second kappa shape index (κ2) is 11.5. The zero-order valence-corrected chi connectivity index (χ0v) is 24.7. The number of benzene rings is 2. The number of alkyl halides is 3. The smallest absolute Gasteiger partial charge is 0.376 e. The van der Waals surface area contributed by atoms with E-state index in [1.807, 2.05) is 18.2 Å². The third-order valence-corrected chi connectivity index (χ3v) is 9.54. The molecular weight excluding hydrogens is 569 g/mol. The Kier molecular flexibility index (Phi) is 8.32. The van der Waals surface area contributed by atoms with Gasteiger partial charge in [-0.3, -0.25) is 4.79 Å². The van der Waals surface area contributed by atoms with Crippen LogP contribution in [0.1, 0.15) is 88.2 Å². The minimum absolute atomic E-state index is 0.0581. The van der Waals surface area contributed by atoms with E-state index in [2.05, 4.69) is 18.8 Å². The molecule has 0 bridgehead atoms. The van der Waals surface area contributed by atoms with Crippen molar-refractivity contribution >= 4 is 27.1 Å². The van der Waals surface area contributed by atoms with Gasteiger partial charge >= 0.3 is 15.6 Å². The molecule has 2 fully saturated rings. The number of imidazole rings is 1. The Morgan fingerprint density at radius 2 is 1.86 bits per heavy atom. The van der Waals surface area contributed by atoms with E-state index in [1.165, 1.54) is 12.5 Å². The Bertz CT molecular complexity index is 1580. The summed E-state index contributed by atoms with van der Waals surface area (Å²) < 4.78 is 68.2. The molecular formula is C30H37F3N4O4S. The number of hydrogen-bond donors (Lipinski definition) is 2. The van der Waals surface area contributed by atoms with Gasteiger partial charge in [-0.1, -0.05) is 45.2 Å². The molecule has 2 heterocycles. The summed E-state index contributed by atoms with van der Waals surface area (Å²) in [5.74, 6) is 0.351. The molecule has 1 spiro atoms. The van der Waals surface area contributed by atoms with Gasteiger partial charge in [-0.2, -0.15) is 21.6 Å². The Hall–Kier alpha value is -3.12. The van der Waals surface area contributed by atoms with Crippen LogP contribution in [-0.4, -0.2) is 47.8 Å². The van der Waals surface area contributed by atoms with Crippen LogP contribution in [-0.2, 0) is 26.7 Å². The highest BCUT2D eigenvalue weighted by molar-refractivity contribution is 7.88. The van der Waals surface area contributed by atoms with Crippen molar-refractivity contribution < 1.29 is 30.6 Å². The van der Waals surface area contributed by atoms with Crippen LogP contribution in [0, 0.1) is 0 Å². The van der Waals surface area contributed by atoms with Crippen LogP contribution < -0.4 is 9.92 Å². The van der Waals surface area contributed by atoms with Crippen LogP contribution in [0.2, 0.25) is 0 Å². The maximum Gasteiger partial charge on any atom is 0.534 e. The van der Waals surface area contributed by atoms with Gasteiger partial charge in [0, 0.05) is 12.1 Å². The lowest BCUT2D eigenvalue weighted by Crippen LogP contribution is -2.35. The van der Waals surface area contributed by atoms with E-state index < -0.39 is 15.6 Å². The first-order chi connectivity index (χ1) is 19.9. The van der Waals surface area contributed by atoms with Gasteiger partial charge < -0.3 is 19.8 Å². The minimum Gasteiger partial charge on any atom is -0.376 e. The predicted octanol–water partition coefficient (Wildman–Crippen LogP) is 6.25. The van der Waals surface area contributed by atoms with E-state index in [9.17, 15) is 26.4 Å². The summed E-state index contributed by atoms with van der Waals surface area (Å²) in [5.41, 5.74) is 4.32. The lowest BCUT2D eigenvalue weighted by Gasteiger charge is -2.27. The Balaban J connectivity index is 0.00000113. The number of nitrogens with one attached hydrogen (secondary N) is 1. The standard InChI is InChI=1S/C27H29F3N4O4S.C3H8/c28-27(29,30)39(36,37)38-22-8-6-17(18-9-12-26(24(18)22)10-1-2-11-26)16-5-7-19-20(14-16)33-25(32-19)21-4-3-13-34(21)23(35)15-31;1-3-2/h5-8,14,21H,1-4,9-13,15,31H2,(H,32,33);3H2,1-2H3. The molecule has 1 atom stereocenters. The number of fused-ring (bicyclic) bond motifs is 3. The van der Waals surface area contributed by atoms with Crippen LogP contribution in [0.15, 0.2) is 30.3 Å². The summed E-state index contributed by atoms with van der Waals surface area (Å²) >= 11 is 0. The molecule has 8 nitrogen and oxygen atoms in total. The number of nitrogens with two attached hydrogens (primary N) is 1. The molecule has 1 saturated carbocycles. The fourth-order valence-electron chi connectivity index (χ4n) is 6.84. The number of aromatic nitrogens is 2. The summed E-state index contributed by atoms with van der Waals surface area (Å²) in [4.78, 5) is 22.1. The van der Waals surface area contributed by atoms with E-state index in [0.717, 1.165) is 72.7 Å². The predicted molar refractivity (Wildman–Crippen MR) is 154 cm³/mol. The lowest BCUT2D eigenvalue weighted by molar-refractivity contribution is -0.130. The highest BCUT2D eigenvalue weighted by Crippen LogP contribution is 2.55. The number of aromatic amines is 1. The van der Waals surface area contributed by atoms with Gasteiger partial charge in [0.1, 0.15) is 11.6 Å². The van der Waals surface area contributed by atoms with E-state index >= 15 is 0 Å². The fraction of sp³-hybridized carbons (Fsp3) is 0.533. The normalized spacial score (nSPS) is 19.7. The zero-order chi connectivity index (χ0) is 30.3. The number of hydrogen-bond acceptors (Lipinski definition) is 6. The van der Waals surface area contributed by atoms with Crippen LogP contribution >= 0.6 is 0 Å². The first-order valence-corrected chi connectivity index (χ1v) is 16.0. The third kappa shape index (κ3) is 5.39. The monoisotopic (exact) mass is 606 g/mol. The molecule has 42 heavy (non-hydrogen) atoms. The molecule has 3 N–H and O–H groups in total. The molecule has 1 aliphatic heterocycles. The number of carbonyl (C=O) groups excluding carboxylic acids is 1. The molecule has 12 heteroatoms. The van der Waals surface area contributed by atoms with Crippen LogP contribution in [0.25, 0.3) is 22.2 Å². The number of amides is 1. The average molecular weight is 607 g/mol. The maximum absolute atomic E-state index is 13.2.